The number of hydrogen-bond acceptors (Lipinski definition) is 4. The summed E-state index contributed by atoms with van der Waals surface area (Å²) in [7, 11) is 3.61. The second kappa shape index (κ2) is 5.68. The molecule has 1 saturated carbocycles. The maximum absolute atomic E-state index is 12.0. The number of amides is 1. The number of ether oxygens (including phenoxy) is 1. The van der Waals surface area contributed by atoms with Crippen molar-refractivity contribution in [1.29, 1.82) is 0 Å². The van der Waals surface area contributed by atoms with Crippen LogP contribution >= 0.6 is 23.1 Å². The molecular formula is C16H19NO2S2. The molecule has 0 radical (unpaired) electrons. The van der Waals surface area contributed by atoms with E-state index < -0.39 is 0 Å². The average molecular weight is 321 g/mol. The van der Waals surface area contributed by atoms with Crippen LogP contribution in [0.1, 0.15) is 36.1 Å². The molecule has 0 unspecified atom stereocenters. The third kappa shape index (κ3) is 2.61. The van der Waals surface area contributed by atoms with Gasteiger partial charge in [-0.25, -0.2) is 0 Å². The lowest BCUT2D eigenvalue weighted by molar-refractivity contribution is -0.117. The van der Waals surface area contributed by atoms with Gasteiger partial charge in [0, 0.05) is 31.2 Å². The van der Waals surface area contributed by atoms with Crippen LogP contribution in [0.5, 0.6) is 0 Å². The van der Waals surface area contributed by atoms with Crippen molar-refractivity contribution in [2.75, 3.05) is 24.8 Å². The molecule has 21 heavy (non-hydrogen) atoms. The number of thiophene rings is 1. The number of fused-ring (bicyclic) bond motifs is 1. The van der Waals surface area contributed by atoms with E-state index in [1.54, 1.807) is 35.1 Å². The normalized spacial score (nSPS) is 20.1. The molecule has 2 heterocycles. The molecular weight excluding hydrogens is 302 g/mol. The molecule has 112 valence electrons. The molecule has 0 atom stereocenters. The van der Waals surface area contributed by atoms with E-state index in [-0.39, 0.29) is 11.5 Å². The summed E-state index contributed by atoms with van der Waals surface area (Å²) in [5.41, 5.74) is 0.975. The Bertz CT molecular complexity index is 629. The minimum atomic E-state index is -0.233. The second-order valence-corrected chi connectivity index (χ2v) is 7.65. The predicted octanol–water partition coefficient (Wildman–Crippen LogP) is 3.44. The fourth-order valence-corrected chi connectivity index (χ4v) is 5.02. The van der Waals surface area contributed by atoms with E-state index in [0.29, 0.717) is 6.42 Å². The van der Waals surface area contributed by atoms with E-state index >= 15 is 0 Å². The van der Waals surface area contributed by atoms with Crippen molar-refractivity contribution < 1.29 is 9.53 Å². The highest BCUT2D eigenvalue weighted by Gasteiger charge is 2.35. The van der Waals surface area contributed by atoms with Gasteiger partial charge in [0.1, 0.15) is 10.6 Å². The fraction of sp³-hybridized carbons (Fsp3) is 0.562. The van der Waals surface area contributed by atoms with E-state index in [4.69, 9.17) is 4.74 Å². The summed E-state index contributed by atoms with van der Waals surface area (Å²) in [6, 6.07) is 0. The van der Waals surface area contributed by atoms with Gasteiger partial charge in [-0.1, -0.05) is 11.8 Å². The zero-order chi connectivity index (χ0) is 15.0. The maximum atomic E-state index is 12.0. The summed E-state index contributed by atoms with van der Waals surface area (Å²) in [6.07, 6.45) is 3.84. The first kappa shape index (κ1) is 15.0. The average Bonchev–Trinajstić information content (AvgIpc) is 2.67. The summed E-state index contributed by atoms with van der Waals surface area (Å²) >= 11 is 3.40. The quantitative estimate of drug-likeness (QED) is 0.742. The largest absolute Gasteiger partial charge is 0.366 e. The van der Waals surface area contributed by atoms with Crippen LogP contribution in [-0.4, -0.2) is 31.4 Å². The number of methoxy groups -OCH3 is 1. The number of hydrogen-bond donors (Lipinski definition) is 0. The predicted molar refractivity (Wildman–Crippen MR) is 88.3 cm³/mol. The van der Waals surface area contributed by atoms with Crippen molar-refractivity contribution in [1.82, 2.24) is 0 Å². The van der Waals surface area contributed by atoms with Crippen molar-refractivity contribution in [2.45, 2.75) is 43.1 Å². The van der Waals surface area contributed by atoms with E-state index in [1.807, 2.05) is 7.05 Å². The zero-order valence-corrected chi connectivity index (χ0v) is 14.2. The number of anilines is 1. The van der Waals surface area contributed by atoms with Gasteiger partial charge >= 0.3 is 0 Å². The van der Waals surface area contributed by atoms with Crippen molar-refractivity contribution >= 4 is 34.0 Å². The number of carbonyl (C=O) groups is 1. The van der Waals surface area contributed by atoms with Gasteiger partial charge < -0.3 is 9.64 Å². The van der Waals surface area contributed by atoms with Gasteiger partial charge in [0.2, 0.25) is 5.91 Å². The first-order valence-corrected chi connectivity index (χ1v) is 8.97. The van der Waals surface area contributed by atoms with Crippen molar-refractivity contribution in [3.63, 3.8) is 0 Å². The fourth-order valence-electron chi connectivity index (χ4n) is 2.56. The standard InChI is InChI=1S/C16H19NO2S2/c1-11-12(5-9-16(19-3)7-4-8-16)21-15-14(11)20-10-6-13(18)17(15)2/h4,6-8,10H2,1-3H3. The van der Waals surface area contributed by atoms with Crippen LogP contribution in [-0.2, 0) is 9.53 Å². The third-order valence-corrected chi connectivity index (χ3v) is 6.88. The Morgan fingerprint density at radius 1 is 1.38 bits per heavy atom. The Labute approximate surface area is 134 Å². The van der Waals surface area contributed by atoms with Gasteiger partial charge in [0.05, 0.1) is 4.88 Å². The Morgan fingerprint density at radius 2 is 2.14 bits per heavy atom. The van der Waals surface area contributed by atoms with Gasteiger partial charge in [0.25, 0.3) is 0 Å². The second-order valence-electron chi connectivity index (χ2n) is 5.54. The van der Waals surface area contributed by atoms with Crippen LogP contribution in [0.3, 0.4) is 0 Å². The molecule has 3 rings (SSSR count). The van der Waals surface area contributed by atoms with E-state index in [0.717, 1.165) is 28.5 Å². The monoisotopic (exact) mass is 321 g/mol. The van der Waals surface area contributed by atoms with Crippen molar-refractivity contribution in [3.8, 4) is 11.8 Å². The van der Waals surface area contributed by atoms with Crippen molar-refractivity contribution in [3.05, 3.63) is 10.4 Å². The first-order chi connectivity index (χ1) is 10.1. The molecule has 1 aromatic heterocycles. The van der Waals surface area contributed by atoms with Gasteiger partial charge in [-0.05, 0) is 31.7 Å². The van der Waals surface area contributed by atoms with Crippen LogP contribution in [0.25, 0.3) is 0 Å². The Morgan fingerprint density at radius 3 is 2.76 bits per heavy atom. The molecule has 5 heteroatoms. The Hall–Kier alpha value is -0.960. The summed E-state index contributed by atoms with van der Waals surface area (Å²) in [6.45, 7) is 2.11. The molecule has 0 N–H and O–H groups in total. The summed E-state index contributed by atoms with van der Waals surface area (Å²) in [5, 5.41) is 1.05. The lowest BCUT2D eigenvalue weighted by Gasteiger charge is -2.35. The number of thioether (sulfide) groups is 1. The Kier molecular flexibility index (Phi) is 4.04. The molecule has 0 bridgehead atoms. The van der Waals surface area contributed by atoms with Gasteiger partial charge in [-0.15, -0.1) is 23.1 Å². The third-order valence-electron chi connectivity index (χ3n) is 4.27. The van der Waals surface area contributed by atoms with Crippen LogP contribution in [0, 0.1) is 18.8 Å². The topological polar surface area (TPSA) is 29.5 Å². The number of rotatable bonds is 1. The molecule has 0 spiro atoms. The highest BCUT2D eigenvalue weighted by molar-refractivity contribution is 7.99. The molecule has 1 fully saturated rings. The van der Waals surface area contributed by atoms with E-state index in [9.17, 15) is 4.79 Å². The molecule has 1 aliphatic heterocycles. The lowest BCUT2D eigenvalue weighted by Crippen LogP contribution is -2.37. The van der Waals surface area contributed by atoms with Gasteiger partial charge in [-0.3, -0.25) is 4.79 Å². The molecule has 1 aromatic rings. The van der Waals surface area contributed by atoms with Crippen LogP contribution in [0.2, 0.25) is 0 Å². The Balaban J connectivity index is 1.95. The SMILES string of the molecule is COC1(C#Cc2sc3c(c2C)SCCC(=O)N3C)CCC1. The first-order valence-electron chi connectivity index (χ1n) is 7.17. The van der Waals surface area contributed by atoms with Gasteiger partial charge in [0.15, 0.2) is 0 Å². The molecule has 0 saturated heterocycles. The van der Waals surface area contributed by atoms with E-state index in [2.05, 4.69) is 18.8 Å². The zero-order valence-electron chi connectivity index (χ0n) is 12.6. The molecule has 1 amide bonds. The number of carbonyl (C=O) groups excluding carboxylic acids is 1. The molecule has 0 aromatic carbocycles. The van der Waals surface area contributed by atoms with Gasteiger partial charge in [-0.2, -0.15) is 0 Å². The molecule has 2 aliphatic rings. The van der Waals surface area contributed by atoms with E-state index in [1.165, 1.54) is 16.9 Å². The lowest BCUT2D eigenvalue weighted by atomic mass is 9.80. The molecule has 3 nitrogen and oxygen atoms in total. The smallest absolute Gasteiger partial charge is 0.228 e. The van der Waals surface area contributed by atoms with Crippen LogP contribution in [0.4, 0.5) is 5.00 Å². The highest BCUT2D eigenvalue weighted by atomic mass is 32.2. The summed E-state index contributed by atoms with van der Waals surface area (Å²) in [4.78, 5) is 16.1. The summed E-state index contributed by atoms with van der Waals surface area (Å²) < 4.78 is 5.56. The highest BCUT2D eigenvalue weighted by Crippen LogP contribution is 2.44. The van der Waals surface area contributed by atoms with Crippen LogP contribution in [0.15, 0.2) is 4.90 Å². The maximum Gasteiger partial charge on any atom is 0.228 e. The summed E-state index contributed by atoms with van der Waals surface area (Å²) in [5.74, 6) is 7.67. The van der Waals surface area contributed by atoms with Crippen molar-refractivity contribution in [2.24, 2.45) is 0 Å². The van der Waals surface area contributed by atoms with Crippen LogP contribution < -0.4 is 4.90 Å². The molecule has 1 aliphatic carbocycles. The minimum Gasteiger partial charge on any atom is -0.366 e. The number of nitrogens with zero attached hydrogens (tertiary/aromatic N) is 1. The minimum absolute atomic E-state index is 0.189.